The molecule has 2 aromatic heterocycles. The molecule has 0 saturated carbocycles. The Labute approximate surface area is 86.6 Å². The van der Waals surface area contributed by atoms with Crippen molar-refractivity contribution in [3.05, 3.63) is 40.2 Å². The standard InChI is InChI=1S/C10H12N2OS/c1-7-12-10(5-13-7)9(11)4-8-2-3-14-6-8/h2-3,5-6,9H,4,11H2,1H3. The van der Waals surface area contributed by atoms with Gasteiger partial charge in [0.05, 0.1) is 11.7 Å². The second-order valence-corrected chi connectivity index (χ2v) is 4.01. The molecule has 74 valence electrons. The van der Waals surface area contributed by atoms with Crippen LogP contribution in [0.1, 0.15) is 23.2 Å². The maximum absolute atomic E-state index is 5.98. The summed E-state index contributed by atoms with van der Waals surface area (Å²) in [5.41, 5.74) is 8.06. The molecule has 4 heteroatoms. The Morgan fingerprint density at radius 2 is 2.50 bits per heavy atom. The topological polar surface area (TPSA) is 52.0 Å². The first kappa shape index (κ1) is 9.43. The van der Waals surface area contributed by atoms with E-state index in [1.807, 2.05) is 6.92 Å². The summed E-state index contributed by atoms with van der Waals surface area (Å²) in [5.74, 6) is 0.667. The number of nitrogens with zero attached hydrogens (tertiary/aromatic N) is 1. The first-order chi connectivity index (χ1) is 6.75. The predicted octanol–water partition coefficient (Wildman–Crippen LogP) is 2.29. The van der Waals surface area contributed by atoms with Crippen molar-refractivity contribution >= 4 is 11.3 Å². The van der Waals surface area contributed by atoms with Gasteiger partial charge >= 0.3 is 0 Å². The van der Waals surface area contributed by atoms with Crippen LogP contribution in [0.3, 0.4) is 0 Å². The van der Waals surface area contributed by atoms with Crippen LogP contribution in [0.15, 0.2) is 27.5 Å². The van der Waals surface area contributed by atoms with Gasteiger partial charge in [0.1, 0.15) is 6.26 Å². The summed E-state index contributed by atoms with van der Waals surface area (Å²) >= 11 is 1.68. The average molecular weight is 208 g/mol. The highest BCUT2D eigenvalue weighted by molar-refractivity contribution is 7.07. The molecule has 2 N–H and O–H groups in total. The Kier molecular flexibility index (Phi) is 2.65. The van der Waals surface area contributed by atoms with Gasteiger partial charge in [-0.1, -0.05) is 0 Å². The molecule has 0 aromatic carbocycles. The largest absolute Gasteiger partial charge is 0.449 e. The molecule has 0 aliphatic carbocycles. The van der Waals surface area contributed by atoms with Crippen LogP contribution in [0.4, 0.5) is 0 Å². The lowest BCUT2D eigenvalue weighted by Crippen LogP contribution is -2.13. The lowest BCUT2D eigenvalue weighted by atomic mass is 10.1. The molecule has 0 amide bonds. The SMILES string of the molecule is Cc1nc(C(N)Cc2ccsc2)co1. The molecule has 1 unspecified atom stereocenters. The van der Waals surface area contributed by atoms with Crippen LogP contribution in [-0.4, -0.2) is 4.98 Å². The van der Waals surface area contributed by atoms with Crippen LogP contribution in [0.2, 0.25) is 0 Å². The third kappa shape index (κ3) is 2.02. The Morgan fingerprint density at radius 3 is 3.07 bits per heavy atom. The average Bonchev–Trinajstić information content (AvgIpc) is 2.75. The van der Waals surface area contributed by atoms with Crippen LogP contribution >= 0.6 is 11.3 Å². The Balaban J connectivity index is 2.06. The second-order valence-electron chi connectivity index (χ2n) is 3.23. The van der Waals surface area contributed by atoms with E-state index >= 15 is 0 Å². The van der Waals surface area contributed by atoms with Crippen molar-refractivity contribution < 1.29 is 4.42 Å². The molecule has 3 nitrogen and oxygen atoms in total. The van der Waals surface area contributed by atoms with Crippen LogP contribution < -0.4 is 5.73 Å². The lowest BCUT2D eigenvalue weighted by molar-refractivity contribution is 0.519. The van der Waals surface area contributed by atoms with Crippen LogP contribution in [0, 0.1) is 6.92 Å². The molecule has 0 aliphatic rings. The number of hydrogen-bond acceptors (Lipinski definition) is 4. The maximum atomic E-state index is 5.98. The minimum atomic E-state index is -0.0675. The van der Waals surface area contributed by atoms with Crippen molar-refractivity contribution in [3.8, 4) is 0 Å². The Hall–Kier alpha value is -1.13. The fraction of sp³-hybridized carbons (Fsp3) is 0.300. The fourth-order valence-corrected chi connectivity index (χ4v) is 2.00. The molecule has 0 fully saturated rings. The summed E-state index contributed by atoms with van der Waals surface area (Å²) in [6.45, 7) is 1.82. The number of aryl methyl sites for hydroxylation is 1. The molecule has 0 aliphatic heterocycles. The third-order valence-corrected chi connectivity index (χ3v) is 2.78. The number of aromatic nitrogens is 1. The van der Waals surface area contributed by atoms with Gasteiger partial charge in [0.15, 0.2) is 5.89 Å². The van der Waals surface area contributed by atoms with E-state index in [9.17, 15) is 0 Å². The minimum Gasteiger partial charge on any atom is -0.449 e. The van der Waals surface area contributed by atoms with Gasteiger partial charge in [-0.05, 0) is 28.8 Å². The van der Waals surface area contributed by atoms with Crippen molar-refractivity contribution in [1.29, 1.82) is 0 Å². The van der Waals surface area contributed by atoms with E-state index < -0.39 is 0 Å². The zero-order valence-corrected chi connectivity index (χ0v) is 8.75. The highest BCUT2D eigenvalue weighted by atomic mass is 32.1. The molecule has 0 spiro atoms. The van der Waals surface area contributed by atoms with Gasteiger partial charge in [0.25, 0.3) is 0 Å². The van der Waals surface area contributed by atoms with Gasteiger partial charge in [-0.25, -0.2) is 4.98 Å². The molecule has 0 bridgehead atoms. The zero-order valence-electron chi connectivity index (χ0n) is 7.93. The highest BCUT2D eigenvalue weighted by Gasteiger charge is 2.11. The molecule has 2 heterocycles. The summed E-state index contributed by atoms with van der Waals surface area (Å²) in [4.78, 5) is 4.20. The summed E-state index contributed by atoms with van der Waals surface area (Å²) < 4.78 is 5.12. The van der Waals surface area contributed by atoms with Gasteiger partial charge in [-0.3, -0.25) is 0 Å². The molecule has 2 aromatic rings. The van der Waals surface area contributed by atoms with E-state index in [1.165, 1.54) is 5.56 Å². The van der Waals surface area contributed by atoms with Gasteiger partial charge in [0, 0.05) is 6.92 Å². The molecular formula is C10H12N2OS. The summed E-state index contributed by atoms with van der Waals surface area (Å²) in [7, 11) is 0. The Bertz CT molecular complexity index is 394. The molecule has 1 atom stereocenters. The molecule has 2 rings (SSSR count). The Morgan fingerprint density at radius 1 is 1.64 bits per heavy atom. The fourth-order valence-electron chi connectivity index (χ4n) is 1.32. The number of hydrogen-bond donors (Lipinski definition) is 1. The van der Waals surface area contributed by atoms with Crippen molar-refractivity contribution in [2.24, 2.45) is 5.73 Å². The number of oxazole rings is 1. The van der Waals surface area contributed by atoms with Crippen molar-refractivity contribution in [2.75, 3.05) is 0 Å². The highest BCUT2D eigenvalue weighted by Crippen LogP contribution is 2.17. The van der Waals surface area contributed by atoms with Gasteiger partial charge in [-0.15, -0.1) is 0 Å². The number of thiophene rings is 1. The van der Waals surface area contributed by atoms with Gasteiger partial charge < -0.3 is 10.2 Å². The summed E-state index contributed by atoms with van der Waals surface area (Å²) in [5, 5.41) is 4.16. The normalized spacial score (nSPS) is 13.0. The smallest absolute Gasteiger partial charge is 0.191 e. The lowest BCUT2D eigenvalue weighted by Gasteiger charge is -2.05. The second kappa shape index (κ2) is 3.94. The first-order valence-corrected chi connectivity index (χ1v) is 5.38. The summed E-state index contributed by atoms with van der Waals surface area (Å²) in [6.07, 6.45) is 2.45. The third-order valence-electron chi connectivity index (χ3n) is 2.05. The van der Waals surface area contributed by atoms with Crippen molar-refractivity contribution in [3.63, 3.8) is 0 Å². The molecule has 14 heavy (non-hydrogen) atoms. The monoisotopic (exact) mass is 208 g/mol. The number of nitrogens with two attached hydrogens (primary N) is 1. The molecule has 0 radical (unpaired) electrons. The predicted molar refractivity (Wildman–Crippen MR) is 56.2 cm³/mol. The maximum Gasteiger partial charge on any atom is 0.191 e. The van der Waals surface area contributed by atoms with Crippen molar-refractivity contribution in [1.82, 2.24) is 4.98 Å². The van der Waals surface area contributed by atoms with Gasteiger partial charge in [0.2, 0.25) is 0 Å². The van der Waals surface area contributed by atoms with E-state index in [0.29, 0.717) is 5.89 Å². The van der Waals surface area contributed by atoms with Gasteiger partial charge in [-0.2, -0.15) is 11.3 Å². The van der Waals surface area contributed by atoms with E-state index in [2.05, 4.69) is 21.8 Å². The van der Waals surface area contributed by atoms with Crippen LogP contribution in [0.5, 0.6) is 0 Å². The first-order valence-electron chi connectivity index (χ1n) is 4.44. The van der Waals surface area contributed by atoms with E-state index in [1.54, 1.807) is 17.6 Å². The van der Waals surface area contributed by atoms with Crippen molar-refractivity contribution in [2.45, 2.75) is 19.4 Å². The summed E-state index contributed by atoms with van der Waals surface area (Å²) in [6, 6.07) is 2.01. The van der Waals surface area contributed by atoms with E-state index in [4.69, 9.17) is 10.2 Å². The van der Waals surface area contributed by atoms with Crippen LogP contribution in [-0.2, 0) is 6.42 Å². The number of rotatable bonds is 3. The zero-order chi connectivity index (χ0) is 9.97. The van der Waals surface area contributed by atoms with E-state index in [-0.39, 0.29) is 6.04 Å². The van der Waals surface area contributed by atoms with Crippen LogP contribution in [0.25, 0.3) is 0 Å². The minimum absolute atomic E-state index is 0.0675. The van der Waals surface area contributed by atoms with E-state index in [0.717, 1.165) is 12.1 Å². The molecule has 0 saturated heterocycles. The molecular weight excluding hydrogens is 196 g/mol. The quantitative estimate of drug-likeness (QED) is 0.842.